The van der Waals surface area contributed by atoms with Gasteiger partial charge in [0.25, 0.3) is 5.91 Å². The van der Waals surface area contributed by atoms with Crippen LogP contribution >= 0.6 is 0 Å². The lowest BCUT2D eigenvalue weighted by Gasteiger charge is -2.34. The van der Waals surface area contributed by atoms with Crippen LogP contribution in [0.4, 0.5) is 0 Å². The molecule has 25 heavy (non-hydrogen) atoms. The van der Waals surface area contributed by atoms with Crippen LogP contribution in [0.3, 0.4) is 0 Å². The molecule has 0 unspecified atom stereocenters. The summed E-state index contributed by atoms with van der Waals surface area (Å²) >= 11 is 0. The molecular weight excluding hydrogens is 318 g/mol. The molecule has 3 aromatic heterocycles. The monoisotopic (exact) mass is 337 g/mol. The van der Waals surface area contributed by atoms with Crippen molar-refractivity contribution < 1.29 is 4.79 Å². The second kappa shape index (κ2) is 6.46. The first-order valence-corrected chi connectivity index (χ1v) is 8.35. The van der Waals surface area contributed by atoms with Crippen LogP contribution in [-0.2, 0) is 7.05 Å². The highest BCUT2D eigenvalue weighted by atomic mass is 16.2. The van der Waals surface area contributed by atoms with E-state index in [2.05, 4.69) is 25.1 Å². The third kappa shape index (κ3) is 2.90. The summed E-state index contributed by atoms with van der Waals surface area (Å²) in [5, 5.41) is 7.24. The van der Waals surface area contributed by atoms with Gasteiger partial charge in [-0.05, 0) is 31.4 Å². The molecule has 8 heteroatoms. The average molecular weight is 337 g/mol. The maximum Gasteiger partial charge on any atom is 0.271 e. The number of piperidine rings is 1. The number of rotatable bonds is 3. The summed E-state index contributed by atoms with van der Waals surface area (Å²) < 4.78 is 1.85. The molecule has 1 amide bonds. The Labute approximate surface area is 144 Å². The van der Waals surface area contributed by atoms with Gasteiger partial charge in [-0.15, -0.1) is 0 Å². The Morgan fingerprint density at radius 2 is 2.24 bits per heavy atom. The van der Waals surface area contributed by atoms with Gasteiger partial charge in [-0.3, -0.25) is 14.9 Å². The molecule has 4 rings (SSSR count). The SMILES string of the molecule is Cn1cccc1C(=O)N1CCCC[C@H]1c1nc(-c2cnccn2)n[nH]1. The molecule has 1 aliphatic rings. The molecule has 3 aromatic rings. The molecule has 0 bridgehead atoms. The van der Waals surface area contributed by atoms with Crippen molar-refractivity contribution in [2.45, 2.75) is 25.3 Å². The molecule has 1 fully saturated rings. The molecule has 1 N–H and O–H groups in total. The minimum atomic E-state index is -0.103. The highest BCUT2D eigenvalue weighted by Crippen LogP contribution is 2.30. The second-order valence-electron chi connectivity index (χ2n) is 6.15. The number of nitrogens with one attached hydrogen (secondary N) is 1. The van der Waals surface area contributed by atoms with Gasteiger partial charge < -0.3 is 9.47 Å². The lowest BCUT2D eigenvalue weighted by molar-refractivity contribution is 0.0590. The average Bonchev–Trinajstić information content (AvgIpc) is 3.31. The van der Waals surface area contributed by atoms with Gasteiger partial charge in [0.1, 0.15) is 17.2 Å². The van der Waals surface area contributed by atoms with Crippen LogP contribution in [0.1, 0.15) is 41.6 Å². The summed E-state index contributed by atoms with van der Waals surface area (Å²) in [7, 11) is 1.88. The third-order valence-corrected chi connectivity index (χ3v) is 4.54. The van der Waals surface area contributed by atoms with E-state index < -0.39 is 0 Å². The number of likely N-dealkylation sites (tertiary alicyclic amines) is 1. The van der Waals surface area contributed by atoms with Crippen LogP contribution in [0.15, 0.2) is 36.9 Å². The lowest BCUT2D eigenvalue weighted by Crippen LogP contribution is -2.39. The fraction of sp³-hybridized carbons (Fsp3) is 0.353. The predicted octanol–water partition coefficient (Wildman–Crippen LogP) is 1.97. The van der Waals surface area contributed by atoms with Gasteiger partial charge >= 0.3 is 0 Å². The predicted molar refractivity (Wildman–Crippen MR) is 90.5 cm³/mol. The van der Waals surface area contributed by atoms with E-state index in [9.17, 15) is 4.79 Å². The van der Waals surface area contributed by atoms with Gasteiger partial charge in [-0.1, -0.05) is 0 Å². The quantitative estimate of drug-likeness (QED) is 0.789. The van der Waals surface area contributed by atoms with Crippen molar-refractivity contribution in [3.63, 3.8) is 0 Å². The molecule has 0 radical (unpaired) electrons. The van der Waals surface area contributed by atoms with E-state index in [1.54, 1.807) is 18.6 Å². The smallest absolute Gasteiger partial charge is 0.271 e. The van der Waals surface area contributed by atoms with Crippen molar-refractivity contribution in [1.82, 2.24) is 34.6 Å². The van der Waals surface area contributed by atoms with Crippen LogP contribution in [0.5, 0.6) is 0 Å². The minimum absolute atomic E-state index is 0.0228. The Morgan fingerprint density at radius 1 is 1.32 bits per heavy atom. The standard InChI is InChI=1S/C17H19N7O/c1-23-9-4-6-14(23)17(25)24-10-3-2-5-13(24)16-20-15(21-22-16)12-11-18-7-8-19-12/h4,6-9,11,13H,2-3,5,10H2,1H3,(H,20,21,22)/t13-/m0/s1. The summed E-state index contributed by atoms with van der Waals surface area (Å²) in [5.74, 6) is 1.22. The Morgan fingerprint density at radius 3 is 3.00 bits per heavy atom. The highest BCUT2D eigenvalue weighted by Gasteiger charge is 2.32. The molecule has 0 spiro atoms. The molecule has 0 aliphatic carbocycles. The number of aromatic nitrogens is 6. The van der Waals surface area contributed by atoms with Gasteiger partial charge in [0, 0.05) is 32.2 Å². The highest BCUT2D eigenvalue weighted by molar-refractivity contribution is 5.93. The topological polar surface area (TPSA) is 92.6 Å². The van der Waals surface area contributed by atoms with E-state index in [1.807, 2.05) is 34.8 Å². The van der Waals surface area contributed by atoms with Crippen LogP contribution in [-0.4, -0.2) is 47.1 Å². The Bertz CT molecular complexity index is 870. The van der Waals surface area contributed by atoms with Gasteiger partial charge in [0.2, 0.25) is 5.82 Å². The summed E-state index contributed by atoms with van der Waals surface area (Å²) in [4.78, 5) is 27.7. The zero-order chi connectivity index (χ0) is 17.2. The molecule has 1 aliphatic heterocycles. The fourth-order valence-corrected chi connectivity index (χ4v) is 3.24. The number of H-pyrrole nitrogens is 1. The van der Waals surface area contributed by atoms with Crippen molar-refractivity contribution in [3.8, 4) is 11.5 Å². The number of carbonyl (C=O) groups is 1. The zero-order valence-corrected chi connectivity index (χ0v) is 14.0. The fourth-order valence-electron chi connectivity index (χ4n) is 3.24. The first-order valence-electron chi connectivity index (χ1n) is 8.35. The lowest BCUT2D eigenvalue weighted by atomic mass is 10.0. The summed E-state index contributed by atoms with van der Waals surface area (Å²) in [6, 6.07) is 3.63. The number of amides is 1. The van der Waals surface area contributed by atoms with Gasteiger partial charge in [0.15, 0.2) is 0 Å². The molecule has 128 valence electrons. The van der Waals surface area contributed by atoms with Crippen molar-refractivity contribution in [2.24, 2.45) is 7.05 Å². The molecule has 8 nitrogen and oxygen atoms in total. The van der Waals surface area contributed by atoms with E-state index in [-0.39, 0.29) is 11.9 Å². The molecule has 1 atom stereocenters. The number of aromatic amines is 1. The number of nitrogens with zero attached hydrogens (tertiary/aromatic N) is 6. The maximum atomic E-state index is 13.0. The molecule has 4 heterocycles. The minimum Gasteiger partial charge on any atom is -0.347 e. The summed E-state index contributed by atoms with van der Waals surface area (Å²) in [6.45, 7) is 0.718. The Balaban J connectivity index is 1.63. The van der Waals surface area contributed by atoms with Gasteiger partial charge in [-0.2, -0.15) is 5.10 Å². The zero-order valence-electron chi connectivity index (χ0n) is 14.0. The summed E-state index contributed by atoms with van der Waals surface area (Å²) in [5.41, 5.74) is 1.29. The second-order valence-corrected chi connectivity index (χ2v) is 6.15. The summed E-state index contributed by atoms with van der Waals surface area (Å²) in [6.07, 6.45) is 9.65. The Kier molecular flexibility index (Phi) is 4.01. The van der Waals surface area contributed by atoms with E-state index in [0.717, 1.165) is 25.8 Å². The first-order chi connectivity index (χ1) is 12.2. The van der Waals surface area contributed by atoms with Crippen molar-refractivity contribution in [3.05, 3.63) is 48.4 Å². The number of hydrogen-bond acceptors (Lipinski definition) is 5. The number of carbonyl (C=O) groups excluding carboxylic acids is 1. The van der Waals surface area contributed by atoms with Crippen molar-refractivity contribution >= 4 is 5.91 Å². The van der Waals surface area contributed by atoms with Gasteiger partial charge in [0.05, 0.1) is 12.2 Å². The third-order valence-electron chi connectivity index (χ3n) is 4.54. The van der Waals surface area contributed by atoms with Crippen molar-refractivity contribution in [2.75, 3.05) is 6.54 Å². The number of aryl methyl sites for hydroxylation is 1. The van der Waals surface area contributed by atoms with E-state index in [0.29, 0.717) is 23.0 Å². The maximum absolute atomic E-state index is 13.0. The van der Waals surface area contributed by atoms with Gasteiger partial charge in [-0.25, -0.2) is 9.97 Å². The van der Waals surface area contributed by atoms with Crippen molar-refractivity contribution in [1.29, 1.82) is 0 Å². The molecule has 0 saturated carbocycles. The normalized spacial score (nSPS) is 17.6. The number of hydrogen-bond donors (Lipinski definition) is 1. The largest absolute Gasteiger partial charge is 0.347 e. The van der Waals surface area contributed by atoms with Crippen LogP contribution < -0.4 is 0 Å². The molecular formula is C17H19N7O. The van der Waals surface area contributed by atoms with E-state index in [4.69, 9.17) is 0 Å². The molecule has 1 saturated heterocycles. The first kappa shape index (κ1) is 15.5. The van der Waals surface area contributed by atoms with E-state index >= 15 is 0 Å². The van der Waals surface area contributed by atoms with Crippen LogP contribution in [0.2, 0.25) is 0 Å². The molecule has 0 aromatic carbocycles. The van der Waals surface area contributed by atoms with E-state index in [1.165, 1.54) is 0 Å². The van der Waals surface area contributed by atoms with Crippen LogP contribution in [0.25, 0.3) is 11.5 Å². The Hall–Kier alpha value is -3.03. The van der Waals surface area contributed by atoms with Crippen LogP contribution in [0, 0.1) is 0 Å².